The lowest BCUT2D eigenvalue weighted by atomic mass is 10.0. The molecule has 1 N–H and O–H groups in total. The minimum Gasteiger partial charge on any atom is -0.497 e. The predicted molar refractivity (Wildman–Crippen MR) is 113 cm³/mol. The zero-order valence-electron chi connectivity index (χ0n) is 17.3. The first kappa shape index (κ1) is 19.8. The average molecular weight is 407 g/mol. The minimum absolute atomic E-state index is 0.0469. The van der Waals surface area contributed by atoms with Gasteiger partial charge in [0.15, 0.2) is 0 Å². The molecule has 2 aromatic carbocycles. The summed E-state index contributed by atoms with van der Waals surface area (Å²) in [5.74, 6) is 2.08. The van der Waals surface area contributed by atoms with Gasteiger partial charge in [0.25, 0.3) is 5.91 Å². The van der Waals surface area contributed by atoms with Gasteiger partial charge in [0.05, 0.1) is 33.1 Å². The van der Waals surface area contributed by atoms with Crippen LogP contribution in [0.4, 0.5) is 0 Å². The number of likely N-dealkylation sites (tertiary alicyclic amines) is 1. The van der Waals surface area contributed by atoms with E-state index in [2.05, 4.69) is 10.2 Å². The van der Waals surface area contributed by atoms with E-state index in [0.717, 1.165) is 36.3 Å². The summed E-state index contributed by atoms with van der Waals surface area (Å²) in [6, 6.07) is 15.2. The molecule has 2 heterocycles. The number of nitrogens with zero attached hydrogens (tertiary/aromatic N) is 2. The van der Waals surface area contributed by atoms with Crippen LogP contribution >= 0.6 is 0 Å². The molecule has 156 valence electrons. The maximum absolute atomic E-state index is 13.2. The van der Waals surface area contributed by atoms with Crippen molar-refractivity contribution in [3.8, 4) is 28.5 Å². The number of aromatic amines is 1. The van der Waals surface area contributed by atoms with Gasteiger partial charge in [0, 0.05) is 18.2 Å². The number of amides is 1. The summed E-state index contributed by atoms with van der Waals surface area (Å²) in [4.78, 5) is 15.1. The van der Waals surface area contributed by atoms with Crippen LogP contribution in [0.1, 0.15) is 34.9 Å². The van der Waals surface area contributed by atoms with Crippen molar-refractivity contribution in [3.63, 3.8) is 0 Å². The molecule has 7 heteroatoms. The molecule has 0 spiro atoms. The first-order valence-corrected chi connectivity index (χ1v) is 9.87. The molecule has 3 aromatic rings. The first-order valence-electron chi connectivity index (χ1n) is 9.87. The Labute approximate surface area is 175 Å². The Balaban J connectivity index is 1.57. The number of rotatable bonds is 6. The van der Waals surface area contributed by atoms with E-state index in [1.165, 1.54) is 0 Å². The maximum atomic E-state index is 13.2. The first-order chi connectivity index (χ1) is 14.6. The van der Waals surface area contributed by atoms with Crippen molar-refractivity contribution in [2.24, 2.45) is 0 Å². The molecular formula is C23H25N3O4. The molecule has 7 nitrogen and oxygen atoms in total. The Kier molecular flexibility index (Phi) is 5.61. The van der Waals surface area contributed by atoms with Crippen LogP contribution in [0.5, 0.6) is 17.2 Å². The van der Waals surface area contributed by atoms with E-state index in [0.29, 0.717) is 22.9 Å². The average Bonchev–Trinajstić information content (AvgIpc) is 3.48. The van der Waals surface area contributed by atoms with E-state index in [1.54, 1.807) is 33.5 Å². The molecule has 0 bridgehead atoms. The van der Waals surface area contributed by atoms with Crippen molar-refractivity contribution in [2.75, 3.05) is 27.9 Å². The molecule has 1 fully saturated rings. The van der Waals surface area contributed by atoms with Crippen molar-refractivity contribution in [1.82, 2.24) is 15.1 Å². The van der Waals surface area contributed by atoms with E-state index in [4.69, 9.17) is 14.2 Å². The third kappa shape index (κ3) is 3.70. The standard InChI is InChI=1S/C23H25N3O4/c1-28-16-8-6-15(7-9-16)21-5-4-12-26(21)23(27)20-14-19(24-25-20)18-11-10-17(29-2)13-22(18)30-3/h6-11,13-14,21H,4-5,12H2,1-3H3,(H,24,25)/t21-/m0/s1. The molecular weight excluding hydrogens is 382 g/mol. The largest absolute Gasteiger partial charge is 0.497 e. The zero-order valence-corrected chi connectivity index (χ0v) is 17.3. The number of carbonyl (C=O) groups is 1. The second-order valence-corrected chi connectivity index (χ2v) is 7.16. The van der Waals surface area contributed by atoms with Crippen molar-refractivity contribution in [3.05, 3.63) is 59.8 Å². The second-order valence-electron chi connectivity index (χ2n) is 7.16. The van der Waals surface area contributed by atoms with Gasteiger partial charge < -0.3 is 19.1 Å². The number of H-pyrrole nitrogens is 1. The Morgan fingerprint density at radius 2 is 1.73 bits per heavy atom. The van der Waals surface area contributed by atoms with Crippen molar-refractivity contribution >= 4 is 5.91 Å². The third-order valence-electron chi connectivity index (χ3n) is 5.51. The van der Waals surface area contributed by atoms with Gasteiger partial charge in [-0.25, -0.2) is 0 Å². The normalized spacial score (nSPS) is 15.8. The van der Waals surface area contributed by atoms with Gasteiger partial charge in [0.2, 0.25) is 0 Å². The molecule has 1 amide bonds. The highest BCUT2D eigenvalue weighted by Crippen LogP contribution is 2.35. The van der Waals surface area contributed by atoms with Crippen molar-refractivity contribution in [1.29, 1.82) is 0 Å². The van der Waals surface area contributed by atoms with E-state index in [1.807, 2.05) is 41.3 Å². The highest BCUT2D eigenvalue weighted by molar-refractivity contribution is 5.94. The van der Waals surface area contributed by atoms with Gasteiger partial charge in [-0.2, -0.15) is 5.10 Å². The molecule has 1 aromatic heterocycles. The molecule has 4 rings (SSSR count). The number of ether oxygens (including phenoxy) is 3. The quantitative estimate of drug-likeness (QED) is 0.666. The maximum Gasteiger partial charge on any atom is 0.272 e. The number of benzene rings is 2. The van der Waals surface area contributed by atoms with Gasteiger partial charge in [-0.15, -0.1) is 0 Å². The summed E-state index contributed by atoms with van der Waals surface area (Å²) in [6.07, 6.45) is 1.90. The third-order valence-corrected chi connectivity index (χ3v) is 5.51. The van der Waals surface area contributed by atoms with Gasteiger partial charge >= 0.3 is 0 Å². The Hall–Kier alpha value is -3.48. The van der Waals surface area contributed by atoms with Crippen LogP contribution in [-0.2, 0) is 0 Å². The summed E-state index contributed by atoms with van der Waals surface area (Å²) < 4.78 is 16.0. The SMILES string of the molecule is COc1ccc([C@@H]2CCCN2C(=O)c2cc(-c3ccc(OC)cc3OC)n[nH]2)cc1. The molecule has 0 unspecified atom stereocenters. The fourth-order valence-corrected chi connectivity index (χ4v) is 3.92. The zero-order chi connectivity index (χ0) is 21.1. The van der Waals surface area contributed by atoms with Crippen LogP contribution in [0.15, 0.2) is 48.5 Å². The Morgan fingerprint density at radius 1 is 1.00 bits per heavy atom. The fraction of sp³-hybridized carbons (Fsp3) is 0.304. The minimum atomic E-state index is -0.0560. The number of hydrogen-bond acceptors (Lipinski definition) is 5. The Bertz CT molecular complexity index is 1030. The lowest BCUT2D eigenvalue weighted by Gasteiger charge is -2.24. The van der Waals surface area contributed by atoms with Gasteiger partial charge in [0.1, 0.15) is 22.9 Å². The number of carbonyl (C=O) groups excluding carboxylic acids is 1. The smallest absolute Gasteiger partial charge is 0.272 e. The monoisotopic (exact) mass is 407 g/mol. The highest BCUT2D eigenvalue weighted by atomic mass is 16.5. The summed E-state index contributed by atoms with van der Waals surface area (Å²) >= 11 is 0. The lowest BCUT2D eigenvalue weighted by Crippen LogP contribution is -2.30. The van der Waals surface area contributed by atoms with E-state index < -0.39 is 0 Å². The Morgan fingerprint density at radius 3 is 2.43 bits per heavy atom. The van der Waals surface area contributed by atoms with Crippen molar-refractivity contribution < 1.29 is 19.0 Å². The van der Waals surface area contributed by atoms with Crippen LogP contribution in [0.3, 0.4) is 0 Å². The molecule has 1 atom stereocenters. The van der Waals surface area contributed by atoms with E-state index >= 15 is 0 Å². The van der Waals surface area contributed by atoms with E-state index in [9.17, 15) is 4.79 Å². The summed E-state index contributed by atoms with van der Waals surface area (Å²) in [7, 11) is 4.85. The number of nitrogens with one attached hydrogen (secondary N) is 1. The lowest BCUT2D eigenvalue weighted by molar-refractivity contribution is 0.0729. The number of hydrogen-bond donors (Lipinski definition) is 1. The fourth-order valence-electron chi connectivity index (χ4n) is 3.92. The predicted octanol–water partition coefficient (Wildman–Crippen LogP) is 4.08. The van der Waals surface area contributed by atoms with Gasteiger partial charge in [-0.05, 0) is 48.7 Å². The van der Waals surface area contributed by atoms with Crippen LogP contribution in [0, 0.1) is 0 Å². The van der Waals surface area contributed by atoms with E-state index in [-0.39, 0.29) is 11.9 Å². The summed E-state index contributed by atoms with van der Waals surface area (Å²) in [6.45, 7) is 0.718. The molecule has 1 saturated heterocycles. The number of methoxy groups -OCH3 is 3. The molecule has 0 saturated carbocycles. The van der Waals surface area contributed by atoms with Gasteiger partial charge in [-0.3, -0.25) is 9.89 Å². The van der Waals surface area contributed by atoms with Gasteiger partial charge in [-0.1, -0.05) is 12.1 Å². The van der Waals surface area contributed by atoms with Crippen LogP contribution < -0.4 is 14.2 Å². The topological polar surface area (TPSA) is 76.7 Å². The van der Waals surface area contributed by atoms with Crippen LogP contribution in [0.2, 0.25) is 0 Å². The molecule has 1 aliphatic heterocycles. The highest BCUT2D eigenvalue weighted by Gasteiger charge is 2.31. The van der Waals surface area contributed by atoms with Crippen LogP contribution in [0.25, 0.3) is 11.3 Å². The van der Waals surface area contributed by atoms with Crippen molar-refractivity contribution in [2.45, 2.75) is 18.9 Å². The molecule has 1 aliphatic rings. The molecule has 0 aliphatic carbocycles. The summed E-state index contributed by atoms with van der Waals surface area (Å²) in [5.41, 5.74) is 3.02. The molecule has 30 heavy (non-hydrogen) atoms. The molecule has 0 radical (unpaired) electrons. The van der Waals surface area contributed by atoms with Crippen LogP contribution in [-0.4, -0.2) is 48.9 Å². The second kappa shape index (κ2) is 8.49. The summed E-state index contributed by atoms with van der Waals surface area (Å²) in [5, 5.41) is 7.26. The number of aromatic nitrogens is 2.